The number of halogens is 4. The topological polar surface area (TPSA) is 68.4 Å². The summed E-state index contributed by atoms with van der Waals surface area (Å²) in [5.41, 5.74) is 2.19. The number of benzene rings is 3. The number of nitrogens with one attached hydrogen (secondary N) is 2. The number of urea groups is 1. The van der Waals surface area contributed by atoms with Gasteiger partial charge in [-0.2, -0.15) is 13.2 Å². The van der Waals surface area contributed by atoms with Gasteiger partial charge in [-0.25, -0.2) is 9.18 Å². The maximum atomic E-state index is 13.6. The number of carbonyl (C=O) groups is 2. The predicted molar refractivity (Wildman–Crippen MR) is 144 cm³/mol. The summed E-state index contributed by atoms with van der Waals surface area (Å²) in [6.45, 7) is 0.420. The number of amides is 3. The Balaban J connectivity index is 1.30. The van der Waals surface area contributed by atoms with Gasteiger partial charge in [0.2, 0.25) is 5.91 Å². The largest absolute Gasteiger partial charge is 0.416 e. The van der Waals surface area contributed by atoms with Gasteiger partial charge in [0.25, 0.3) is 0 Å². The Morgan fingerprint density at radius 1 is 0.950 bits per heavy atom. The average Bonchev–Trinajstić information content (AvgIpc) is 3.69. The fourth-order valence-electron chi connectivity index (χ4n) is 4.63. The van der Waals surface area contributed by atoms with Crippen molar-refractivity contribution in [1.82, 2.24) is 14.8 Å². The molecule has 1 aromatic heterocycles. The third-order valence-electron chi connectivity index (χ3n) is 6.98. The lowest BCUT2D eigenvalue weighted by Crippen LogP contribution is -2.45. The number of fused-ring (bicyclic) bond motifs is 1. The van der Waals surface area contributed by atoms with E-state index in [1.165, 1.54) is 29.2 Å². The molecule has 3 aromatic carbocycles. The van der Waals surface area contributed by atoms with Gasteiger partial charge in [-0.1, -0.05) is 30.3 Å². The summed E-state index contributed by atoms with van der Waals surface area (Å²) in [5, 5.41) is 3.68. The van der Waals surface area contributed by atoms with E-state index in [9.17, 15) is 27.2 Å². The quantitative estimate of drug-likeness (QED) is 0.230. The molecule has 0 unspecified atom stereocenters. The van der Waals surface area contributed by atoms with E-state index in [4.69, 9.17) is 0 Å². The highest BCUT2D eigenvalue weighted by Gasteiger charge is 2.35. The van der Waals surface area contributed by atoms with Gasteiger partial charge >= 0.3 is 12.2 Å². The summed E-state index contributed by atoms with van der Waals surface area (Å²) in [5.74, 6) is -0.654. The predicted octanol–water partition coefficient (Wildman–Crippen LogP) is 6.59. The minimum Gasteiger partial charge on any atom is -0.361 e. The van der Waals surface area contributed by atoms with E-state index >= 15 is 0 Å². The Labute approximate surface area is 228 Å². The smallest absolute Gasteiger partial charge is 0.361 e. The van der Waals surface area contributed by atoms with E-state index in [0.717, 1.165) is 47.0 Å². The number of rotatable bonds is 9. The highest BCUT2D eigenvalue weighted by Crippen LogP contribution is 2.31. The second-order valence-corrected chi connectivity index (χ2v) is 9.92. The van der Waals surface area contributed by atoms with E-state index in [2.05, 4.69) is 10.3 Å². The summed E-state index contributed by atoms with van der Waals surface area (Å²) in [7, 11) is 0. The SMILES string of the molecule is O=C(CN(C(=O)Nc1ccc(C(F)(F)F)cc1)C1CC1)N(CCc1c[nH]c2ccccc12)Cc1ccc(F)cc1. The minimum atomic E-state index is -4.48. The highest BCUT2D eigenvalue weighted by atomic mass is 19.4. The zero-order valence-electron chi connectivity index (χ0n) is 21.5. The molecule has 5 rings (SSSR count). The zero-order valence-corrected chi connectivity index (χ0v) is 21.5. The monoisotopic (exact) mass is 552 g/mol. The molecule has 3 amide bonds. The number of H-pyrrole nitrogens is 1. The van der Waals surface area contributed by atoms with Gasteiger partial charge in [-0.15, -0.1) is 0 Å². The molecule has 0 spiro atoms. The van der Waals surface area contributed by atoms with Crippen molar-refractivity contribution < 1.29 is 27.2 Å². The van der Waals surface area contributed by atoms with Gasteiger partial charge in [-0.05, 0) is 72.9 Å². The molecule has 0 bridgehead atoms. The molecule has 1 aliphatic carbocycles. The normalized spacial score (nSPS) is 13.3. The molecule has 208 valence electrons. The van der Waals surface area contributed by atoms with Gasteiger partial charge in [0.1, 0.15) is 12.4 Å². The maximum Gasteiger partial charge on any atom is 0.416 e. The Morgan fingerprint density at radius 3 is 2.33 bits per heavy atom. The summed E-state index contributed by atoms with van der Waals surface area (Å²) in [4.78, 5) is 33.0. The van der Waals surface area contributed by atoms with Crippen LogP contribution in [0.2, 0.25) is 0 Å². The molecule has 0 radical (unpaired) electrons. The number of carbonyl (C=O) groups excluding carboxylic acids is 2. The number of para-hydroxylation sites is 1. The summed E-state index contributed by atoms with van der Waals surface area (Å²) in [6, 6.07) is 17.3. The van der Waals surface area contributed by atoms with Crippen LogP contribution in [0, 0.1) is 5.82 Å². The number of nitrogens with zero attached hydrogens (tertiary/aromatic N) is 2. The molecule has 6 nitrogen and oxygen atoms in total. The molecular weight excluding hydrogens is 524 g/mol. The van der Waals surface area contributed by atoms with Crippen LogP contribution in [-0.2, 0) is 23.9 Å². The van der Waals surface area contributed by atoms with Gasteiger partial charge in [0.15, 0.2) is 0 Å². The number of hydrogen-bond acceptors (Lipinski definition) is 2. The van der Waals surface area contributed by atoms with Crippen molar-refractivity contribution in [1.29, 1.82) is 0 Å². The number of aromatic nitrogens is 1. The van der Waals surface area contributed by atoms with Crippen molar-refractivity contribution in [2.75, 3.05) is 18.4 Å². The lowest BCUT2D eigenvalue weighted by molar-refractivity contribution is -0.137. The van der Waals surface area contributed by atoms with Crippen LogP contribution in [0.25, 0.3) is 10.9 Å². The van der Waals surface area contributed by atoms with Gasteiger partial charge in [-0.3, -0.25) is 4.79 Å². The second-order valence-electron chi connectivity index (χ2n) is 9.92. The van der Waals surface area contributed by atoms with Crippen LogP contribution in [0.1, 0.15) is 29.5 Å². The zero-order chi connectivity index (χ0) is 28.3. The third-order valence-corrected chi connectivity index (χ3v) is 6.98. The van der Waals surface area contributed by atoms with Crippen LogP contribution in [0.5, 0.6) is 0 Å². The van der Waals surface area contributed by atoms with Crippen molar-refractivity contribution >= 4 is 28.5 Å². The Hall–Kier alpha value is -4.34. The van der Waals surface area contributed by atoms with Crippen molar-refractivity contribution in [3.63, 3.8) is 0 Å². The fraction of sp³-hybridized carbons (Fsp3) is 0.267. The second kappa shape index (κ2) is 11.4. The standard InChI is InChI=1S/C30H28F4N4O2/c31-23-9-5-20(6-10-23)18-37(16-15-21-17-35-27-4-2-1-3-26(21)27)28(39)19-38(25-13-14-25)29(40)36-24-11-7-22(8-12-24)30(32,33)34/h1-12,17,25,35H,13-16,18-19H2,(H,36,40). The van der Waals surface area contributed by atoms with Crippen LogP contribution in [0.4, 0.5) is 28.0 Å². The first kappa shape index (κ1) is 27.2. The van der Waals surface area contributed by atoms with E-state index in [-0.39, 0.29) is 36.5 Å². The highest BCUT2D eigenvalue weighted by molar-refractivity contribution is 5.93. The molecule has 0 aliphatic heterocycles. The molecule has 40 heavy (non-hydrogen) atoms. The number of aromatic amines is 1. The first-order chi connectivity index (χ1) is 19.2. The van der Waals surface area contributed by atoms with E-state index in [1.54, 1.807) is 17.0 Å². The van der Waals surface area contributed by atoms with Gasteiger partial charge in [0, 0.05) is 41.9 Å². The average molecular weight is 553 g/mol. The van der Waals surface area contributed by atoms with Crippen LogP contribution in [-0.4, -0.2) is 45.9 Å². The van der Waals surface area contributed by atoms with Crippen molar-refractivity contribution in [3.8, 4) is 0 Å². The Bertz CT molecular complexity index is 1480. The summed E-state index contributed by atoms with van der Waals surface area (Å²) < 4.78 is 52.2. The fourth-order valence-corrected chi connectivity index (χ4v) is 4.63. The van der Waals surface area contributed by atoms with E-state index < -0.39 is 17.8 Å². The Kier molecular flexibility index (Phi) is 7.77. The number of alkyl halides is 3. The molecular formula is C30H28F4N4O2. The first-order valence-electron chi connectivity index (χ1n) is 13.0. The van der Waals surface area contributed by atoms with Crippen molar-refractivity contribution in [3.05, 3.63) is 102 Å². The first-order valence-corrected chi connectivity index (χ1v) is 13.0. The Morgan fingerprint density at radius 2 is 1.65 bits per heavy atom. The van der Waals surface area contributed by atoms with Crippen LogP contribution >= 0.6 is 0 Å². The van der Waals surface area contributed by atoms with E-state index in [1.807, 2.05) is 30.5 Å². The molecule has 4 aromatic rings. The molecule has 10 heteroatoms. The number of anilines is 1. The number of hydrogen-bond donors (Lipinski definition) is 2. The third kappa shape index (κ3) is 6.62. The van der Waals surface area contributed by atoms with Crippen LogP contribution in [0.15, 0.2) is 79.0 Å². The molecule has 0 saturated heterocycles. The minimum absolute atomic E-state index is 0.125. The van der Waals surface area contributed by atoms with Crippen LogP contribution in [0.3, 0.4) is 0 Å². The maximum absolute atomic E-state index is 13.6. The molecule has 1 heterocycles. The summed E-state index contributed by atoms with van der Waals surface area (Å²) in [6.07, 6.45) is -0.519. The molecule has 1 saturated carbocycles. The van der Waals surface area contributed by atoms with Crippen molar-refractivity contribution in [2.24, 2.45) is 0 Å². The molecule has 1 fully saturated rings. The van der Waals surface area contributed by atoms with E-state index in [0.29, 0.717) is 13.0 Å². The van der Waals surface area contributed by atoms with Gasteiger partial charge in [0.05, 0.1) is 5.56 Å². The lowest BCUT2D eigenvalue weighted by atomic mass is 10.1. The lowest BCUT2D eigenvalue weighted by Gasteiger charge is -2.28. The van der Waals surface area contributed by atoms with Crippen molar-refractivity contribution in [2.45, 2.75) is 38.0 Å². The molecule has 0 atom stereocenters. The van der Waals surface area contributed by atoms with Crippen LogP contribution < -0.4 is 5.32 Å². The summed E-state index contributed by atoms with van der Waals surface area (Å²) >= 11 is 0. The molecule has 2 N–H and O–H groups in total. The van der Waals surface area contributed by atoms with Gasteiger partial charge < -0.3 is 20.1 Å². The molecule has 1 aliphatic rings.